The Morgan fingerprint density at radius 2 is 0.800 bits per heavy atom. The zero-order valence-electron chi connectivity index (χ0n) is 13.1. The van der Waals surface area contributed by atoms with Gasteiger partial charge >= 0.3 is 0 Å². The van der Waals surface area contributed by atoms with Gasteiger partial charge in [-0.25, -0.2) is 0 Å². The van der Waals surface area contributed by atoms with Gasteiger partial charge in [-0.15, -0.1) is 0 Å². The van der Waals surface area contributed by atoms with E-state index in [9.17, 15) is 0 Å². The molecule has 0 aromatic heterocycles. The van der Waals surface area contributed by atoms with Crippen LogP contribution in [0.25, 0.3) is 0 Å². The minimum Gasteiger partial charge on any atom is -0.396 e. The van der Waals surface area contributed by atoms with Crippen LogP contribution in [0.15, 0.2) is 0 Å². The van der Waals surface area contributed by atoms with Crippen LogP contribution in [0.4, 0.5) is 0 Å². The van der Waals surface area contributed by atoms with Crippen molar-refractivity contribution in [2.45, 2.75) is 64.2 Å². The lowest BCUT2D eigenvalue weighted by atomic mass is 10.1. The third kappa shape index (κ3) is 14.3. The molecule has 0 amide bonds. The molecule has 0 aromatic carbocycles. The van der Waals surface area contributed by atoms with Gasteiger partial charge in [-0.3, -0.25) is 4.90 Å². The van der Waals surface area contributed by atoms with E-state index in [0.29, 0.717) is 19.7 Å². The van der Waals surface area contributed by atoms with Crippen LogP contribution in [0.3, 0.4) is 0 Å². The van der Waals surface area contributed by atoms with Crippen molar-refractivity contribution in [1.29, 1.82) is 0 Å². The van der Waals surface area contributed by atoms with E-state index in [1.807, 2.05) is 0 Å². The van der Waals surface area contributed by atoms with Crippen molar-refractivity contribution in [1.82, 2.24) is 4.90 Å². The summed E-state index contributed by atoms with van der Waals surface area (Å²) in [7, 11) is 0. The van der Waals surface area contributed by atoms with Crippen molar-refractivity contribution >= 4 is 0 Å². The molecule has 0 atom stereocenters. The molecule has 0 spiro atoms. The van der Waals surface area contributed by atoms with E-state index in [0.717, 1.165) is 19.4 Å². The Labute approximate surface area is 124 Å². The first-order valence-corrected chi connectivity index (χ1v) is 8.40. The van der Waals surface area contributed by atoms with Crippen LogP contribution in [-0.4, -0.2) is 59.7 Å². The molecule has 0 saturated carbocycles. The molecule has 0 aliphatic heterocycles. The predicted molar refractivity (Wildman–Crippen MR) is 83.9 cm³/mol. The van der Waals surface area contributed by atoms with Crippen LogP contribution < -0.4 is 0 Å². The van der Waals surface area contributed by atoms with Gasteiger partial charge in [0, 0.05) is 19.7 Å². The highest BCUT2D eigenvalue weighted by atomic mass is 16.3. The molecule has 0 fully saturated rings. The van der Waals surface area contributed by atoms with Crippen LogP contribution in [0, 0.1) is 0 Å². The van der Waals surface area contributed by atoms with E-state index >= 15 is 0 Å². The summed E-state index contributed by atoms with van der Waals surface area (Å²) in [5.41, 5.74) is 0. The summed E-state index contributed by atoms with van der Waals surface area (Å²) in [4.78, 5) is 2.13. The average molecular weight is 289 g/mol. The molecule has 0 aliphatic carbocycles. The number of aliphatic hydroxyl groups excluding tert-OH is 3. The number of hydrogen-bond donors (Lipinski definition) is 3. The standard InChI is InChI=1S/C16H35NO3/c18-14-10-8-6-4-2-1-3-5-7-9-11-17(12-15-19)13-16-20/h18-20H,1-16H2. The summed E-state index contributed by atoms with van der Waals surface area (Å²) in [6, 6.07) is 0. The number of hydrogen-bond acceptors (Lipinski definition) is 4. The van der Waals surface area contributed by atoms with Gasteiger partial charge in [-0.2, -0.15) is 0 Å². The smallest absolute Gasteiger partial charge is 0.0558 e. The van der Waals surface area contributed by atoms with Crippen molar-refractivity contribution in [3.63, 3.8) is 0 Å². The molecule has 0 radical (unpaired) electrons. The predicted octanol–water partition coefficient (Wildman–Crippen LogP) is 2.17. The summed E-state index contributed by atoms with van der Waals surface area (Å²) in [6.07, 6.45) is 12.4. The first-order valence-electron chi connectivity index (χ1n) is 8.40. The lowest BCUT2D eigenvalue weighted by molar-refractivity contribution is 0.159. The first-order chi connectivity index (χ1) is 9.85. The Morgan fingerprint density at radius 3 is 1.20 bits per heavy atom. The Kier molecular flexibility index (Phi) is 16.8. The van der Waals surface area contributed by atoms with Crippen molar-refractivity contribution < 1.29 is 15.3 Å². The maximum atomic E-state index is 8.90. The largest absolute Gasteiger partial charge is 0.396 e. The maximum absolute atomic E-state index is 8.90. The summed E-state index contributed by atoms with van der Waals surface area (Å²) in [5.74, 6) is 0. The highest BCUT2D eigenvalue weighted by molar-refractivity contribution is 4.57. The average Bonchev–Trinajstić information content (AvgIpc) is 2.45. The molecule has 0 unspecified atom stereocenters. The molecule has 0 bridgehead atoms. The second kappa shape index (κ2) is 16.9. The van der Waals surface area contributed by atoms with Gasteiger partial charge in [0.05, 0.1) is 13.2 Å². The molecule has 122 valence electrons. The van der Waals surface area contributed by atoms with Gasteiger partial charge in [0.15, 0.2) is 0 Å². The maximum Gasteiger partial charge on any atom is 0.0558 e. The van der Waals surface area contributed by atoms with Gasteiger partial charge in [-0.05, 0) is 19.4 Å². The highest BCUT2D eigenvalue weighted by Crippen LogP contribution is 2.10. The number of rotatable bonds is 16. The van der Waals surface area contributed by atoms with E-state index in [4.69, 9.17) is 15.3 Å². The fourth-order valence-corrected chi connectivity index (χ4v) is 2.48. The Hall–Kier alpha value is -0.160. The summed E-state index contributed by atoms with van der Waals surface area (Å²) >= 11 is 0. The monoisotopic (exact) mass is 289 g/mol. The SMILES string of the molecule is OCCCCCCCCCCCCN(CCO)CCO. The van der Waals surface area contributed by atoms with Crippen molar-refractivity contribution in [2.24, 2.45) is 0 Å². The number of nitrogens with zero attached hydrogens (tertiary/aromatic N) is 1. The third-order valence-corrected chi connectivity index (χ3v) is 3.71. The molecule has 20 heavy (non-hydrogen) atoms. The fraction of sp³-hybridized carbons (Fsp3) is 1.00. The van der Waals surface area contributed by atoms with Gasteiger partial charge in [0.2, 0.25) is 0 Å². The van der Waals surface area contributed by atoms with Crippen LogP contribution in [-0.2, 0) is 0 Å². The molecule has 0 saturated heterocycles. The summed E-state index contributed by atoms with van der Waals surface area (Å²) in [6.45, 7) is 3.03. The van der Waals surface area contributed by atoms with Gasteiger partial charge < -0.3 is 15.3 Å². The Morgan fingerprint density at radius 1 is 0.400 bits per heavy atom. The summed E-state index contributed by atoms with van der Waals surface area (Å²) < 4.78 is 0. The third-order valence-electron chi connectivity index (χ3n) is 3.71. The van der Waals surface area contributed by atoms with E-state index in [1.165, 1.54) is 51.4 Å². The van der Waals surface area contributed by atoms with Crippen LogP contribution >= 0.6 is 0 Å². The molecule has 4 nitrogen and oxygen atoms in total. The zero-order valence-corrected chi connectivity index (χ0v) is 13.1. The van der Waals surface area contributed by atoms with Crippen molar-refractivity contribution in [3.05, 3.63) is 0 Å². The molecule has 4 heteroatoms. The van der Waals surface area contributed by atoms with Crippen LogP contribution in [0.2, 0.25) is 0 Å². The molecular formula is C16H35NO3. The van der Waals surface area contributed by atoms with Gasteiger partial charge in [0.25, 0.3) is 0 Å². The van der Waals surface area contributed by atoms with E-state index < -0.39 is 0 Å². The lowest BCUT2D eigenvalue weighted by Crippen LogP contribution is -2.30. The zero-order chi connectivity index (χ0) is 14.9. The Bertz CT molecular complexity index is 173. The molecule has 0 rings (SSSR count). The summed E-state index contributed by atoms with van der Waals surface area (Å²) in [5, 5.41) is 26.5. The van der Waals surface area contributed by atoms with Gasteiger partial charge in [-0.1, -0.05) is 51.4 Å². The molecule has 0 heterocycles. The van der Waals surface area contributed by atoms with Crippen molar-refractivity contribution in [3.8, 4) is 0 Å². The second-order valence-corrected chi connectivity index (χ2v) is 5.55. The molecule has 0 aromatic rings. The van der Waals surface area contributed by atoms with E-state index in [2.05, 4.69) is 4.90 Å². The van der Waals surface area contributed by atoms with Crippen molar-refractivity contribution in [2.75, 3.05) is 39.5 Å². The minimum absolute atomic E-state index is 0.177. The molecular weight excluding hydrogens is 254 g/mol. The first kappa shape index (κ1) is 19.8. The highest BCUT2D eigenvalue weighted by Gasteiger charge is 2.02. The number of aliphatic hydroxyl groups is 3. The topological polar surface area (TPSA) is 63.9 Å². The quantitative estimate of drug-likeness (QED) is 0.381. The number of unbranched alkanes of at least 4 members (excludes halogenated alkanes) is 9. The van der Waals surface area contributed by atoms with Gasteiger partial charge in [0.1, 0.15) is 0 Å². The van der Waals surface area contributed by atoms with Crippen LogP contribution in [0.5, 0.6) is 0 Å². The second-order valence-electron chi connectivity index (χ2n) is 5.55. The molecule has 3 N–H and O–H groups in total. The lowest BCUT2D eigenvalue weighted by Gasteiger charge is -2.19. The van der Waals surface area contributed by atoms with E-state index in [1.54, 1.807) is 0 Å². The van der Waals surface area contributed by atoms with E-state index in [-0.39, 0.29) is 13.2 Å². The normalized spacial score (nSPS) is 11.4. The molecule has 0 aliphatic rings. The minimum atomic E-state index is 0.177. The van der Waals surface area contributed by atoms with Crippen LogP contribution in [0.1, 0.15) is 64.2 Å². The fourth-order valence-electron chi connectivity index (χ4n) is 2.48. The Balaban J connectivity index is 3.18.